The van der Waals surface area contributed by atoms with Crippen LogP contribution in [0.1, 0.15) is 50.3 Å². The molecule has 0 saturated carbocycles. The van der Waals surface area contributed by atoms with Gasteiger partial charge in [-0.25, -0.2) is 14.8 Å². The molecule has 0 aliphatic rings. The van der Waals surface area contributed by atoms with Crippen molar-refractivity contribution in [2.75, 3.05) is 0 Å². The third kappa shape index (κ3) is 4.53. The number of benzene rings is 2. The number of rotatable bonds is 7. The fraction of sp³-hybridized carbons (Fsp3) is 0.292. The smallest absolute Gasteiger partial charge is 0.180 e. The van der Waals surface area contributed by atoms with Gasteiger partial charge >= 0.3 is 0 Å². The van der Waals surface area contributed by atoms with Gasteiger partial charge in [-0.3, -0.25) is 0 Å². The van der Waals surface area contributed by atoms with Gasteiger partial charge in [-0.05, 0) is 40.5 Å². The number of tetrazole rings is 1. The van der Waals surface area contributed by atoms with Crippen molar-refractivity contribution in [3.63, 3.8) is 0 Å². The minimum Gasteiger partial charge on any atom is -0.244 e. The first-order chi connectivity index (χ1) is 15.2. The molecule has 7 nitrogen and oxygen atoms in total. The lowest BCUT2D eigenvalue weighted by Crippen LogP contribution is -2.07. The predicted molar refractivity (Wildman–Crippen MR) is 120 cm³/mol. The third-order valence-corrected chi connectivity index (χ3v) is 5.37. The molecule has 1 N–H and O–H groups in total. The molecule has 0 spiro atoms. The fourth-order valence-electron chi connectivity index (χ4n) is 3.39. The Balaban J connectivity index is 1.60. The van der Waals surface area contributed by atoms with Crippen LogP contribution in [0.2, 0.25) is 0 Å². The van der Waals surface area contributed by atoms with Crippen LogP contribution in [0, 0.1) is 11.8 Å². The molecular formula is C24H25N7. The van der Waals surface area contributed by atoms with E-state index in [9.17, 15) is 0 Å². The van der Waals surface area contributed by atoms with Gasteiger partial charge in [-0.2, -0.15) is 5.10 Å². The molecule has 156 valence electrons. The summed E-state index contributed by atoms with van der Waals surface area (Å²) in [7, 11) is 0. The van der Waals surface area contributed by atoms with Gasteiger partial charge in [-0.1, -0.05) is 68.3 Å². The van der Waals surface area contributed by atoms with E-state index < -0.39 is 0 Å². The quantitative estimate of drug-likeness (QED) is 0.460. The highest BCUT2D eigenvalue weighted by atomic mass is 15.5. The molecule has 0 aliphatic heterocycles. The molecule has 2 aromatic heterocycles. The zero-order chi connectivity index (χ0) is 21.6. The zero-order valence-corrected chi connectivity index (χ0v) is 18.0. The molecule has 1 atom stereocenters. The monoisotopic (exact) mass is 411 g/mol. The lowest BCUT2D eigenvalue weighted by Gasteiger charge is -2.09. The molecule has 0 aliphatic carbocycles. The van der Waals surface area contributed by atoms with Crippen molar-refractivity contribution >= 4 is 0 Å². The topological polar surface area (TPSA) is 85.2 Å². The summed E-state index contributed by atoms with van der Waals surface area (Å²) in [5.41, 5.74) is 4.31. The van der Waals surface area contributed by atoms with E-state index in [1.165, 1.54) is 0 Å². The summed E-state index contributed by atoms with van der Waals surface area (Å²) in [5.74, 6) is 8.86. The minimum absolute atomic E-state index is 0.332. The molecule has 4 rings (SSSR count). The van der Waals surface area contributed by atoms with E-state index >= 15 is 0 Å². The summed E-state index contributed by atoms with van der Waals surface area (Å²) in [5, 5.41) is 19.1. The second-order valence-corrected chi connectivity index (χ2v) is 7.45. The summed E-state index contributed by atoms with van der Waals surface area (Å²) in [6, 6.07) is 16.6. The van der Waals surface area contributed by atoms with Gasteiger partial charge in [0.1, 0.15) is 5.82 Å². The average molecular weight is 412 g/mol. The molecule has 1 unspecified atom stereocenters. The number of hydrogen-bond acceptors (Lipinski definition) is 5. The number of nitrogens with zero attached hydrogens (tertiary/aromatic N) is 6. The molecule has 0 bridgehead atoms. The SMILES string of the molecule is CC#CCc1nc(C(C)CC)nn1Cc1ccc(-c2ccccc2-c2nnn[nH]2)cc1. The molecule has 0 radical (unpaired) electrons. The molecule has 0 amide bonds. The van der Waals surface area contributed by atoms with E-state index in [0.717, 1.165) is 40.3 Å². The molecule has 0 saturated heterocycles. The number of H-pyrrole nitrogens is 1. The summed E-state index contributed by atoms with van der Waals surface area (Å²) >= 11 is 0. The first-order valence-electron chi connectivity index (χ1n) is 10.4. The second kappa shape index (κ2) is 9.35. The maximum atomic E-state index is 4.77. The van der Waals surface area contributed by atoms with Crippen molar-refractivity contribution in [1.29, 1.82) is 0 Å². The van der Waals surface area contributed by atoms with Crippen LogP contribution in [0.5, 0.6) is 0 Å². The molecule has 4 aromatic rings. The molecule has 7 heteroatoms. The van der Waals surface area contributed by atoms with Gasteiger partial charge in [0.15, 0.2) is 11.6 Å². The maximum Gasteiger partial charge on any atom is 0.180 e. The Kier molecular flexibility index (Phi) is 6.18. The van der Waals surface area contributed by atoms with Crippen molar-refractivity contribution in [2.24, 2.45) is 0 Å². The van der Waals surface area contributed by atoms with Crippen LogP contribution in [0.15, 0.2) is 48.5 Å². The van der Waals surface area contributed by atoms with E-state index in [4.69, 9.17) is 10.1 Å². The van der Waals surface area contributed by atoms with E-state index in [1.807, 2.05) is 29.8 Å². The Labute approximate surface area is 181 Å². The summed E-state index contributed by atoms with van der Waals surface area (Å²) in [6.07, 6.45) is 1.62. The van der Waals surface area contributed by atoms with Crippen molar-refractivity contribution < 1.29 is 0 Å². The largest absolute Gasteiger partial charge is 0.244 e. The lowest BCUT2D eigenvalue weighted by molar-refractivity contribution is 0.619. The highest BCUT2D eigenvalue weighted by Crippen LogP contribution is 2.29. The van der Waals surface area contributed by atoms with Gasteiger partial charge in [0.25, 0.3) is 0 Å². The summed E-state index contributed by atoms with van der Waals surface area (Å²) in [4.78, 5) is 4.75. The van der Waals surface area contributed by atoms with Gasteiger partial charge in [0, 0.05) is 11.5 Å². The van der Waals surface area contributed by atoms with Gasteiger partial charge in [0.05, 0.1) is 13.0 Å². The van der Waals surface area contributed by atoms with E-state index in [2.05, 4.69) is 76.6 Å². The van der Waals surface area contributed by atoms with Crippen LogP contribution in [0.25, 0.3) is 22.5 Å². The maximum absolute atomic E-state index is 4.77. The first-order valence-corrected chi connectivity index (χ1v) is 10.4. The highest BCUT2D eigenvalue weighted by Gasteiger charge is 2.15. The standard InChI is InChI=1S/C24H25N7/c1-4-6-11-22-25-23(17(3)5-2)28-31(22)16-18-12-14-19(15-13-18)20-9-7-8-10-21(20)24-26-29-30-27-24/h7-10,12-15,17H,5,11,16H2,1-3H3,(H,26,27,29,30). The lowest BCUT2D eigenvalue weighted by atomic mass is 9.98. The van der Waals surface area contributed by atoms with Crippen LogP contribution in [-0.4, -0.2) is 35.4 Å². The van der Waals surface area contributed by atoms with E-state index in [-0.39, 0.29) is 0 Å². The Morgan fingerprint density at radius 3 is 2.52 bits per heavy atom. The minimum atomic E-state index is 0.332. The van der Waals surface area contributed by atoms with Crippen molar-refractivity contribution in [3.05, 3.63) is 65.7 Å². The van der Waals surface area contributed by atoms with Gasteiger partial charge in [-0.15, -0.1) is 11.0 Å². The zero-order valence-electron chi connectivity index (χ0n) is 18.0. The predicted octanol–water partition coefficient (Wildman–Crippen LogP) is 4.25. The average Bonchev–Trinajstić information content (AvgIpc) is 3.48. The third-order valence-electron chi connectivity index (χ3n) is 5.37. The summed E-state index contributed by atoms with van der Waals surface area (Å²) in [6.45, 7) is 6.83. The Morgan fingerprint density at radius 2 is 1.84 bits per heavy atom. The van der Waals surface area contributed by atoms with Gasteiger partial charge < -0.3 is 0 Å². The number of aromatic nitrogens is 7. The Hall–Kier alpha value is -3.79. The molecule has 2 aromatic carbocycles. The van der Waals surface area contributed by atoms with Crippen molar-refractivity contribution in [3.8, 4) is 34.4 Å². The van der Waals surface area contributed by atoms with Crippen molar-refractivity contribution in [2.45, 2.75) is 46.1 Å². The molecule has 2 heterocycles. The molecular weight excluding hydrogens is 386 g/mol. The Bertz CT molecular complexity index is 1190. The normalized spacial score (nSPS) is 11.7. The Morgan fingerprint density at radius 1 is 1.06 bits per heavy atom. The van der Waals surface area contributed by atoms with Crippen LogP contribution >= 0.6 is 0 Å². The second-order valence-electron chi connectivity index (χ2n) is 7.45. The van der Waals surface area contributed by atoms with Gasteiger partial charge in [0.2, 0.25) is 0 Å². The van der Waals surface area contributed by atoms with Crippen LogP contribution in [0.4, 0.5) is 0 Å². The highest BCUT2D eigenvalue weighted by molar-refractivity contribution is 5.80. The van der Waals surface area contributed by atoms with Crippen LogP contribution < -0.4 is 0 Å². The first kappa shape index (κ1) is 20.5. The van der Waals surface area contributed by atoms with Crippen LogP contribution in [0.3, 0.4) is 0 Å². The molecule has 31 heavy (non-hydrogen) atoms. The van der Waals surface area contributed by atoms with Crippen LogP contribution in [-0.2, 0) is 13.0 Å². The fourth-order valence-corrected chi connectivity index (χ4v) is 3.39. The number of nitrogens with one attached hydrogen (secondary N) is 1. The number of hydrogen-bond donors (Lipinski definition) is 1. The van der Waals surface area contributed by atoms with E-state index in [0.29, 0.717) is 24.7 Å². The summed E-state index contributed by atoms with van der Waals surface area (Å²) < 4.78 is 1.98. The van der Waals surface area contributed by atoms with Crippen molar-refractivity contribution in [1.82, 2.24) is 35.4 Å². The molecule has 0 fully saturated rings. The number of aromatic amines is 1. The van der Waals surface area contributed by atoms with E-state index in [1.54, 1.807) is 0 Å².